The van der Waals surface area contributed by atoms with Crippen molar-refractivity contribution in [2.75, 3.05) is 12.4 Å². The summed E-state index contributed by atoms with van der Waals surface area (Å²) in [5, 5.41) is 2.59. The van der Waals surface area contributed by atoms with E-state index in [1.807, 2.05) is 12.1 Å². The van der Waals surface area contributed by atoms with Crippen LogP contribution in [-0.4, -0.2) is 29.1 Å². The molecule has 6 heteroatoms. The number of benzene rings is 1. The lowest BCUT2D eigenvalue weighted by atomic mass is 10.0. The van der Waals surface area contributed by atoms with Gasteiger partial charge in [0.1, 0.15) is 0 Å². The normalized spacial score (nSPS) is 17.2. The van der Waals surface area contributed by atoms with Crippen molar-refractivity contribution in [2.24, 2.45) is 0 Å². The van der Waals surface area contributed by atoms with Gasteiger partial charge in [0.25, 0.3) is 5.91 Å². The number of hydrogen-bond donors (Lipinski definition) is 1. The topological polar surface area (TPSA) is 66.5 Å². The van der Waals surface area contributed by atoms with E-state index >= 15 is 0 Å². The SMILES string of the molecule is Cc1cccc(NC(=O)C2C(=O)c3ccccc3SN2C)c(=O)c1. The average Bonchev–Trinajstić information content (AvgIpc) is 2.68. The molecule has 0 saturated carbocycles. The predicted molar refractivity (Wildman–Crippen MR) is 94.3 cm³/mol. The summed E-state index contributed by atoms with van der Waals surface area (Å²) in [7, 11) is 1.69. The van der Waals surface area contributed by atoms with Gasteiger partial charge >= 0.3 is 0 Å². The monoisotopic (exact) mass is 340 g/mol. The smallest absolute Gasteiger partial charge is 0.250 e. The maximum Gasteiger partial charge on any atom is 0.250 e. The average molecular weight is 340 g/mol. The first-order chi connectivity index (χ1) is 11.5. The Hall–Kier alpha value is -2.44. The molecule has 1 amide bonds. The molecule has 0 saturated heterocycles. The van der Waals surface area contributed by atoms with E-state index in [0.717, 1.165) is 10.5 Å². The van der Waals surface area contributed by atoms with Crippen molar-refractivity contribution in [1.29, 1.82) is 0 Å². The molecule has 3 rings (SSSR count). The fourth-order valence-corrected chi connectivity index (χ4v) is 3.58. The highest BCUT2D eigenvalue weighted by Crippen LogP contribution is 2.33. The maximum atomic E-state index is 12.7. The first kappa shape index (κ1) is 16.4. The van der Waals surface area contributed by atoms with Crippen LogP contribution in [0.2, 0.25) is 0 Å². The number of aryl methyl sites for hydroxylation is 1. The van der Waals surface area contributed by atoms with E-state index in [2.05, 4.69) is 5.32 Å². The van der Waals surface area contributed by atoms with Gasteiger partial charge in [-0.25, -0.2) is 4.31 Å². The van der Waals surface area contributed by atoms with E-state index in [1.165, 1.54) is 18.0 Å². The van der Waals surface area contributed by atoms with Gasteiger partial charge in [-0.1, -0.05) is 30.3 Å². The Kier molecular flexibility index (Phi) is 4.51. The van der Waals surface area contributed by atoms with Gasteiger partial charge in [0.05, 0.1) is 5.69 Å². The zero-order valence-electron chi connectivity index (χ0n) is 13.3. The van der Waals surface area contributed by atoms with Crippen molar-refractivity contribution in [2.45, 2.75) is 17.9 Å². The highest BCUT2D eigenvalue weighted by molar-refractivity contribution is 7.97. The standard InChI is InChI=1S/C18H16N2O3S/c1-11-6-5-8-13(14(21)10-11)19-18(23)16-17(22)12-7-3-4-9-15(12)24-20(16)2/h3-10,16H,1-2H3,(H,19,21,23). The molecule has 0 aromatic heterocycles. The fraction of sp³-hybridized carbons (Fsp3) is 0.167. The molecule has 1 aliphatic rings. The zero-order valence-corrected chi connectivity index (χ0v) is 14.1. The highest BCUT2D eigenvalue weighted by Gasteiger charge is 2.37. The summed E-state index contributed by atoms with van der Waals surface area (Å²) < 4.78 is 1.61. The lowest BCUT2D eigenvalue weighted by Crippen LogP contribution is -2.47. The van der Waals surface area contributed by atoms with Crippen LogP contribution >= 0.6 is 11.9 Å². The Labute approximate surface area is 143 Å². The van der Waals surface area contributed by atoms with Crippen molar-refractivity contribution in [1.82, 2.24) is 4.31 Å². The lowest BCUT2D eigenvalue weighted by molar-refractivity contribution is -0.118. The second-order valence-corrected chi connectivity index (χ2v) is 6.78. The molecule has 2 aromatic carbocycles. The Morgan fingerprint density at radius 1 is 1.12 bits per heavy atom. The molecule has 1 heterocycles. The minimum absolute atomic E-state index is 0.165. The molecule has 0 radical (unpaired) electrons. The number of carbonyl (C=O) groups is 2. The minimum atomic E-state index is -0.976. The number of hydrogen-bond acceptors (Lipinski definition) is 5. The van der Waals surface area contributed by atoms with Crippen molar-refractivity contribution >= 4 is 29.3 Å². The van der Waals surface area contributed by atoms with E-state index < -0.39 is 11.9 Å². The molecule has 24 heavy (non-hydrogen) atoms. The van der Waals surface area contributed by atoms with Gasteiger partial charge in [-0.15, -0.1) is 0 Å². The number of rotatable bonds is 2. The fourth-order valence-electron chi connectivity index (χ4n) is 2.57. The summed E-state index contributed by atoms with van der Waals surface area (Å²) in [6.45, 7) is 1.80. The molecular formula is C18H16N2O3S. The first-order valence-electron chi connectivity index (χ1n) is 7.43. The number of amides is 1. The van der Waals surface area contributed by atoms with Crippen LogP contribution in [0, 0.1) is 6.92 Å². The molecule has 0 bridgehead atoms. The van der Waals surface area contributed by atoms with Crippen LogP contribution in [0.15, 0.2) is 58.2 Å². The molecular weight excluding hydrogens is 324 g/mol. The van der Waals surface area contributed by atoms with Crippen molar-refractivity contribution < 1.29 is 9.59 Å². The van der Waals surface area contributed by atoms with Crippen LogP contribution in [0.4, 0.5) is 5.69 Å². The molecule has 1 aliphatic heterocycles. The number of ketones is 1. The van der Waals surface area contributed by atoms with Gasteiger partial charge in [-0.2, -0.15) is 0 Å². The van der Waals surface area contributed by atoms with Gasteiger partial charge < -0.3 is 5.32 Å². The molecule has 0 spiro atoms. The minimum Gasteiger partial charge on any atom is -0.321 e. The van der Waals surface area contributed by atoms with Gasteiger partial charge in [0, 0.05) is 10.5 Å². The van der Waals surface area contributed by atoms with E-state index in [-0.39, 0.29) is 16.9 Å². The maximum absolute atomic E-state index is 12.7. The van der Waals surface area contributed by atoms with Crippen LogP contribution in [0.3, 0.4) is 0 Å². The predicted octanol–water partition coefficient (Wildman–Crippen LogP) is 2.50. The summed E-state index contributed by atoms with van der Waals surface area (Å²) in [4.78, 5) is 38.2. The van der Waals surface area contributed by atoms with Gasteiger partial charge in [0.15, 0.2) is 11.8 Å². The van der Waals surface area contributed by atoms with Gasteiger partial charge in [0.2, 0.25) is 5.43 Å². The number of nitrogens with zero attached hydrogens (tertiary/aromatic N) is 1. The largest absolute Gasteiger partial charge is 0.321 e. The quantitative estimate of drug-likeness (QED) is 0.672. The van der Waals surface area contributed by atoms with Crippen LogP contribution in [0.5, 0.6) is 0 Å². The number of likely N-dealkylation sites (N-methyl/N-ethyl adjacent to an activating group) is 1. The Morgan fingerprint density at radius 2 is 1.88 bits per heavy atom. The second kappa shape index (κ2) is 6.59. The van der Waals surface area contributed by atoms with E-state index in [9.17, 15) is 14.4 Å². The third kappa shape index (κ3) is 3.11. The van der Waals surface area contributed by atoms with Crippen molar-refractivity contribution in [3.05, 3.63) is 69.9 Å². The van der Waals surface area contributed by atoms with Crippen LogP contribution < -0.4 is 10.7 Å². The van der Waals surface area contributed by atoms with Crippen LogP contribution in [0.25, 0.3) is 0 Å². The Bertz CT molecular complexity index is 882. The van der Waals surface area contributed by atoms with E-state index in [1.54, 1.807) is 48.6 Å². The first-order valence-corrected chi connectivity index (χ1v) is 8.20. The molecule has 1 unspecified atom stereocenters. The molecule has 0 fully saturated rings. The number of Topliss-reactive ketones (excluding diaryl/α,β-unsaturated/α-hetero) is 1. The third-order valence-electron chi connectivity index (χ3n) is 3.76. The zero-order chi connectivity index (χ0) is 17.3. The number of anilines is 1. The number of nitrogens with one attached hydrogen (secondary N) is 1. The molecule has 5 nitrogen and oxygen atoms in total. The summed E-state index contributed by atoms with van der Waals surface area (Å²) >= 11 is 1.34. The van der Waals surface area contributed by atoms with E-state index in [4.69, 9.17) is 0 Å². The Morgan fingerprint density at radius 3 is 2.67 bits per heavy atom. The van der Waals surface area contributed by atoms with E-state index in [0.29, 0.717) is 5.56 Å². The number of fused-ring (bicyclic) bond motifs is 1. The van der Waals surface area contributed by atoms with Gasteiger partial charge in [-0.3, -0.25) is 14.4 Å². The third-order valence-corrected chi connectivity index (χ3v) is 4.81. The summed E-state index contributed by atoms with van der Waals surface area (Å²) in [6, 6.07) is 12.7. The molecule has 0 aliphatic carbocycles. The van der Waals surface area contributed by atoms with Gasteiger partial charge in [-0.05, 0) is 49.7 Å². The van der Waals surface area contributed by atoms with Crippen LogP contribution in [-0.2, 0) is 4.79 Å². The molecule has 1 N–H and O–H groups in total. The Balaban J connectivity index is 1.90. The van der Waals surface area contributed by atoms with Crippen LogP contribution in [0.1, 0.15) is 15.9 Å². The lowest BCUT2D eigenvalue weighted by Gasteiger charge is -2.30. The summed E-state index contributed by atoms with van der Waals surface area (Å²) in [5.41, 5.74) is 1.20. The second-order valence-electron chi connectivity index (χ2n) is 5.58. The van der Waals surface area contributed by atoms with Crippen molar-refractivity contribution in [3.63, 3.8) is 0 Å². The molecule has 2 aromatic rings. The highest BCUT2D eigenvalue weighted by atomic mass is 32.2. The summed E-state index contributed by atoms with van der Waals surface area (Å²) in [5.74, 6) is -0.779. The molecule has 122 valence electrons. The summed E-state index contributed by atoms with van der Waals surface area (Å²) in [6.07, 6.45) is 0. The number of carbonyl (C=O) groups excluding carboxylic acids is 2. The molecule has 1 atom stereocenters. The van der Waals surface area contributed by atoms with Crippen molar-refractivity contribution in [3.8, 4) is 0 Å².